The van der Waals surface area contributed by atoms with Crippen LogP contribution in [0.4, 0.5) is 0 Å². The molecule has 0 radical (unpaired) electrons. The summed E-state index contributed by atoms with van der Waals surface area (Å²) in [6.07, 6.45) is 1.48. The van der Waals surface area contributed by atoms with Crippen LogP contribution in [0.15, 0.2) is 24.3 Å². The van der Waals surface area contributed by atoms with Crippen molar-refractivity contribution in [3.63, 3.8) is 0 Å². The Labute approximate surface area is 161 Å². The summed E-state index contributed by atoms with van der Waals surface area (Å²) in [7, 11) is 1.53. The Morgan fingerprint density at radius 1 is 1.32 bits per heavy atom. The minimum atomic E-state index is -0.643. The van der Waals surface area contributed by atoms with Crippen molar-refractivity contribution in [2.24, 2.45) is 5.73 Å². The Morgan fingerprint density at radius 2 is 1.92 bits per heavy atom. The first-order valence-corrected chi connectivity index (χ1v) is 8.09. The standard InChI is InChI=1S/C17H27N3O3.2ClH/c1-23-12-16(18)17(22)19-10-13-4-2-3-5-14(13)11-20-8-6-15(21)7-9-20;;/h2-5,15-16,21H,6-12,18H2,1H3,(H,19,22);2*1H. The highest BCUT2D eigenvalue weighted by Crippen LogP contribution is 2.16. The van der Waals surface area contributed by atoms with Crippen LogP contribution in [-0.2, 0) is 22.6 Å². The van der Waals surface area contributed by atoms with Crippen molar-refractivity contribution in [3.05, 3.63) is 35.4 Å². The summed E-state index contributed by atoms with van der Waals surface area (Å²) in [5, 5.41) is 12.5. The van der Waals surface area contributed by atoms with Crippen LogP contribution in [0.5, 0.6) is 0 Å². The van der Waals surface area contributed by atoms with Gasteiger partial charge in [0.1, 0.15) is 6.04 Å². The summed E-state index contributed by atoms with van der Waals surface area (Å²) < 4.78 is 4.90. The average molecular weight is 394 g/mol. The predicted molar refractivity (Wildman–Crippen MR) is 103 cm³/mol. The number of hydrogen-bond acceptors (Lipinski definition) is 5. The molecule has 0 bridgehead atoms. The normalized spacial score (nSPS) is 16.4. The highest BCUT2D eigenvalue weighted by atomic mass is 35.5. The molecule has 8 heteroatoms. The summed E-state index contributed by atoms with van der Waals surface area (Å²) in [5.41, 5.74) is 8.02. The Bertz CT molecular complexity index is 512. The lowest BCUT2D eigenvalue weighted by Crippen LogP contribution is -2.43. The van der Waals surface area contributed by atoms with Crippen molar-refractivity contribution in [3.8, 4) is 0 Å². The number of rotatable bonds is 7. The van der Waals surface area contributed by atoms with E-state index in [4.69, 9.17) is 10.5 Å². The van der Waals surface area contributed by atoms with Crippen molar-refractivity contribution in [2.45, 2.75) is 38.1 Å². The number of carbonyl (C=O) groups is 1. The SMILES string of the molecule is COCC(N)C(=O)NCc1ccccc1CN1CCC(O)CC1.Cl.Cl. The molecule has 144 valence electrons. The van der Waals surface area contributed by atoms with Crippen LogP contribution in [0.2, 0.25) is 0 Å². The lowest BCUT2D eigenvalue weighted by molar-refractivity contribution is -0.123. The van der Waals surface area contributed by atoms with Gasteiger partial charge in [0.15, 0.2) is 0 Å². The second-order valence-electron chi connectivity index (χ2n) is 6.06. The Hall–Kier alpha value is -0.890. The number of halogens is 2. The minimum absolute atomic E-state index is 0. The van der Waals surface area contributed by atoms with Gasteiger partial charge in [0.2, 0.25) is 5.91 Å². The summed E-state index contributed by atoms with van der Waals surface area (Å²) in [6.45, 7) is 3.32. The van der Waals surface area contributed by atoms with Crippen LogP contribution in [0.3, 0.4) is 0 Å². The van der Waals surface area contributed by atoms with Crippen LogP contribution >= 0.6 is 24.8 Å². The third-order valence-electron chi connectivity index (χ3n) is 4.21. The molecule has 1 aromatic rings. The number of carbonyl (C=O) groups excluding carboxylic acids is 1. The fourth-order valence-corrected chi connectivity index (χ4v) is 2.77. The van der Waals surface area contributed by atoms with Gasteiger partial charge in [-0.3, -0.25) is 9.69 Å². The molecule has 1 fully saturated rings. The molecule has 1 aromatic carbocycles. The van der Waals surface area contributed by atoms with Crippen molar-refractivity contribution < 1.29 is 14.6 Å². The topological polar surface area (TPSA) is 87.8 Å². The van der Waals surface area contributed by atoms with E-state index in [1.807, 2.05) is 18.2 Å². The molecule has 1 heterocycles. The lowest BCUT2D eigenvalue weighted by atomic mass is 10.0. The van der Waals surface area contributed by atoms with E-state index in [0.29, 0.717) is 6.54 Å². The molecule has 1 atom stereocenters. The molecule has 1 unspecified atom stereocenters. The number of nitrogens with one attached hydrogen (secondary N) is 1. The van der Waals surface area contributed by atoms with Gasteiger partial charge in [0.05, 0.1) is 12.7 Å². The van der Waals surface area contributed by atoms with Gasteiger partial charge in [-0.1, -0.05) is 24.3 Å². The molecule has 0 spiro atoms. The molecule has 1 aliphatic rings. The summed E-state index contributed by atoms with van der Waals surface area (Å²) in [5.74, 6) is -0.206. The summed E-state index contributed by atoms with van der Waals surface area (Å²) in [6, 6.07) is 7.45. The largest absolute Gasteiger partial charge is 0.393 e. The number of nitrogens with zero attached hydrogens (tertiary/aromatic N) is 1. The number of amides is 1. The molecule has 0 aliphatic carbocycles. The quantitative estimate of drug-likeness (QED) is 0.644. The number of aliphatic hydroxyl groups is 1. The first kappa shape index (κ1) is 24.1. The van der Waals surface area contributed by atoms with E-state index >= 15 is 0 Å². The number of piperidine rings is 1. The molecule has 1 aliphatic heterocycles. The monoisotopic (exact) mass is 393 g/mol. The van der Waals surface area contributed by atoms with E-state index in [2.05, 4.69) is 16.3 Å². The van der Waals surface area contributed by atoms with Gasteiger partial charge in [-0.15, -0.1) is 24.8 Å². The highest BCUT2D eigenvalue weighted by Gasteiger charge is 2.18. The maximum Gasteiger partial charge on any atom is 0.239 e. The van der Waals surface area contributed by atoms with E-state index < -0.39 is 6.04 Å². The number of likely N-dealkylation sites (tertiary alicyclic amines) is 1. The molecule has 0 aromatic heterocycles. The van der Waals surface area contributed by atoms with Gasteiger partial charge < -0.3 is 20.9 Å². The van der Waals surface area contributed by atoms with Crippen LogP contribution in [0.1, 0.15) is 24.0 Å². The van der Waals surface area contributed by atoms with E-state index in [-0.39, 0.29) is 43.4 Å². The van der Waals surface area contributed by atoms with Crippen molar-refractivity contribution in [1.29, 1.82) is 0 Å². The smallest absolute Gasteiger partial charge is 0.239 e. The average Bonchev–Trinajstić information content (AvgIpc) is 2.56. The van der Waals surface area contributed by atoms with Crippen molar-refractivity contribution in [2.75, 3.05) is 26.8 Å². The van der Waals surface area contributed by atoms with Gasteiger partial charge >= 0.3 is 0 Å². The maximum atomic E-state index is 11.9. The van der Waals surface area contributed by atoms with Crippen LogP contribution < -0.4 is 11.1 Å². The van der Waals surface area contributed by atoms with E-state index in [1.165, 1.54) is 12.7 Å². The zero-order valence-corrected chi connectivity index (χ0v) is 16.2. The minimum Gasteiger partial charge on any atom is -0.393 e. The Kier molecular flexibility index (Phi) is 12.0. The lowest BCUT2D eigenvalue weighted by Gasteiger charge is -2.30. The van der Waals surface area contributed by atoms with Crippen LogP contribution in [0.25, 0.3) is 0 Å². The molecule has 0 saturated carbocycles. The van der Waals surface area contributed by atoms with E-state index in [9.17, 15) is 9.90 Å². The number of ether oxygens (including phenoxy) is 1. The number of benzene rings is 1. The van der Waals surface area contributed by atoms with Gasteiger partial charge in [-0.2, -0.15) is 0 Å². The number of hydrogen-bond donors (Lipinski definition) is 3. The maximum absolute atomic E-state index is 11.9. The van der Waals surface area contributed by atoms with Gasteiger partial charge in [0.25, 0.3) is 0 Å². The second-order valence-corrected chi connectivity index (χ2v) is 6.06. The third-order valence-corrected chi connectivity index (χ3v) is 4.21. The van der Waals surface area contributed by atoms with Crippen LogP contribution in [-0.4, -0.2) is 54.9 Å². The number of methoxy groups -OCH3 is 1. The Morgan fingerprint density at radius 3 is 2.52 bits per heavy atom. The van der Waals surface area contributed by atoms with Gasteiger partial charge in [-0.25, -0.2) is 0 Å². The zero-order valence-electron chi connectivity index (χ0n) is 14.5. The van der Waals surface area contributed by atoms with Crippen LogP contribution in [0, 0.1) is 0 Å². The Balaban J connectivity index is 0.00000288. The summed E-state index contributed by atoms with van der Waals surface area (Å²) in [4.78, 5) is 14.2. The number of aliphatic hydroxyl groups excluding tert-OH is 1. The number of nitrogens with two attached hydrogens (primary N) is 1. The second kappa shape index (κ2) is 12.5. The molecule has 25 heavy (non-hydrogen) atoms. The van der Waals surface area contributed by atoms with E-state index in [1.54, 1.807) is 0 Å². The molecular formula is C17H29Cl2N3O3. The first-order valence-electron chi connectivity index (χ1n) is 8.09. The third kappa shape index (κ3) is 7.90. The summed E-state index contributed by atoms with van der Waals surface area (Å²) >= 11 is 0. The van der Waals surface area contributed by atoms with Gasteiger partial charge in [-0.05, 0) is 24.0 Å². The molecular weight excluding hydrogens is 365 g/mol. The molecule has 4 N–H and O–H groups in total. The molecule has 6 nitrogen and oxygen atoms in total. The fraction of sp³-hybridized carbons (Fsp3) is 0.588. The van der Waals surface area contributed by atoms with E-state index in [0.717, 1.165) is 38.0 Å². The van der Waals surface area contributed by atoms with Gasteiger partial charge in [0, 0.05) is 33.3 Å². The predicted octanol–water partition coefficient (Wildman–Crippen LogP) is 1.08. The van der Waals surface area contributed by atoms with Crippen molar-refractivity contribution >= 4 is 30.7 Å². The highest BCUT2D eigenvalue weighted by molar-refractivity contribution is 5.85. The zero-order chi connectivity index (χ0) is 16.7. The molecule has 1 amide bonds. The first-order chi connectivity index (χ1) is 11.1. The van der Waals surface area contributed by atoms with Crippen molar-refractivity contribution in [1.82, 2.24) is 10.2 Å². The fourth-order valence-electron chi connectivity index (χ4n) is 2.77. The molecule has 1 saturated heterocycles. The molecule has 2 rings (SSSR count).